The third kappa shape index (κ3) is 2.57. The summed E-state index contributed by atoms with van der Waals surface area (Å²) in [6, 6.07) is 4.87. The molecule has 0 unspecified atom stereocenters. The van der Waals surface area contributed by atoms with Crippen LogP contribution < -0.4 is 0 Å². The number of halogens is 2. The fraction of sp³-hybridized carbons (Fsp3) is 0.100. The topological polar surface area (TPSA) is 68.0 Å². The maximum atomic E-state index is 10.7. The first-order valence-corrected chi connectivity index (χ1v) is 5.40. The molecule has 0 saturated heterocycles. The molecule has 0 radical (unpaired) electrons. The zero-order chi connectivity index (χ0) is 12.4. The number of aromatic nitrogens is 3. The molecule has 0 atom stereocenters. The zero-order valence-corrected chi connectivity index (χ0v) is 9.98. The van der Waals surface area contributed by atoms with Crippen molar-refractivity contribution in [3.8, 4) is 5.69 Å². The van der Waals surface area contributed by atoms with Crippen LogP contribution in [0.25, 0.3) is 5.69 Å². The highest BCUT2D eigenvalue weighted by Crippen LogP contribution is 2.24. The van der Waals surface area contributed by atoms with E-state index in [4.69, 9.17) is 28.3 Å². The highest BCUT2D eigenvalue weighted by atomic mass is 35.5. The van der Waals surface area contributed by atoms with Gasteiger partial charge in [0.2, 0.25) is 0 Å². The highest BCUT2D eigenvalue weighted by Gasteiger charge is 2.12. The molecule has 88 valence electrons. The highest BCUT2D eigenvalue weighted by molar-refractivity contribution is 6.35. The van der Waals surface area contributed by atoms with Crippen LogP contribution in [0.4, 0.5) is 0 Å². The molecule has 1 aromatic heterocycles. The van der Waals surface area contributed by atoms with Gasteiger partial charge in [0.05, 0.1) is 29.0 Å². The van der Waals surface area contributed by atoms with Crippen molar-refractivity contribution < 1.29 is 9.90 Å². The average Bonchev–Trinajstić information content (AvgIpc) is 2.65. The number of benzene rings is 1. The maximum absolute atomic E-state index is 10.7. The van der Waals surface area contributed by atoms with E-state index in [0.29, 0.717) is 21.4 Å². The summed E-state index contributed by atoms with van der Waals surface area (Å²) in [6.45, 7) is 0. The molecule has 0 amide bonds. The molecule has 1 aromatic carbocycles. The summed E-state index contributed by atoms with van der Waals surface area (Å²) in [4.78, 5) is 10.7. The molecule has 2 aromatic rings. The predicted molar refractivity (Wildman–Crippen MR) is 62.7 cm³/mol. The molecule has 1 N–H and O–H groups in total. The zero-order valence-electron chi connectivity index (χ0n) is 8.47. The van der Waals surface area contributed by atoms with Crippen molar-refractivity contribution >= 4 is 29.2 Å². The Kier molecular flexibility index (Phi) is 3.31. The lowest BCUT2D eigenvalue weighted by Crippen LogP contribution is -2.08. The number of hydrogen-bond donors (Lipinski definition) is 1. The Morgan fingerprint density at radius 1 is 1.41 bits per heavy atom. The van der Waals surface area contributed by atoms with Crippen LogP contribution in [0.3, 0.4) is 0 Å². The molecule has 0 aliphatic carbocycles. The van der Waals surface area contributed by atoms with Gasteiger partial charge in [-0.1, -0.05) is 28.4 Å². The van der Waals surface area contributed by atoms with Gasteiger partial charge in [0.15, 0.2) is 0 Å². The standard InChI is InChI=1S/C10H7Cl2N3O2/c11-6-1-2-9(8(12)3-6)15-7(4-10(16)17)5-13-14-15/h1-3,5H,4H2,(H,16,17). The van der Waals surface area contributed by atoms with Gasteiger partial charge in [-0.05, 0) is 18.2 Å². The van der Waals surface area contributed by atoms with Gasteiger partial charge in [0, 0.05) is 5.02 Å². The summed E-state index contributed by atoms with van der Waals surface area (Å²) in [5.41, 5.74) is 0.992. The summed E-state index contributed by atoms with van der Waals surface area (Å²) in [6.07, 6.45) is 1.21. The van der Waals surface area contributed by atoms with E-state index < -0.39 is 5.97 Å². The van der Waals surface area contributed by atoms with Crippen molar-refractivity contribution in [2.24, 2.45) is 0 Å². The summed E-state index contributed by atoms with van der Waals surface area (Å²) < 4.78 is 1.38. The van der Waals surface area contributed by atoms with Crippen molar-refractivity contribution in [1.82, 2.24) is 15.0 Å². The van der Waals surface area contributed by atoms with Crippen LogP contribution in [0.5, 0.6) is 0 Å². The van der Waals surface area contributed by atoms with Crippen molar-refractivity contribution in [3.05, 3.63) is 40.1 Å². The lowest BCUT2D eigenvalue weighted by Gasteiger charge is -2.06. The summed E-state index contributed by atoms with van der Waals surface area (Å²) in [5, 5.41) is 17.1. The fourth-order valence-corrected chi connectivity index (χ4v) is 1.88. The Balaban J connectivity index is 2.46. The number of aliphatic carboxylic acids is 1. The van der Waals surface area contributed by atoms with Gasteiger partial charge in [-0.25, -0.2) is 4.68 Å². The Labute approximate surface area is 107 Å². The van der Waals surface area contributed by atoms with Crippen LogP contribution >= 0.6 is 23.2 Å². The van der Waals surface area contributed by atoms with Crippen LogP contribution in [-0.4, -0.2) is 26.1 Å². The Morgan fingerprint density at radius 2 is 2.18 bits per heavy atom. The second kappa shape index (κ2) is 4.73. The van der Waals surface area contributed by atoms with E-state index in [9.17, 15) is 4.79 Å². The first-order valence-electron chi connectivity index (χ1n) is 4.64. The number of nitrogens with zero attached hydrogens (tertiary/aromatic N) is 3. The molecule has 0 saturated carbocycles. The van der Waals surface area contributed by atoms with Gasteiger partial charge in [-0.2, -0.15) is 0 Å². The first kappa shape index (κ1) is 11.9. The lowest BCUT2D eigenvalue weighted by atomic mass is 10.3. The van der Waals surface area contributed by atoms with E-state index in [-0.39, 0.29) is 6.42 Å². The molecule has 0 aliphatic heterocycles. The predicted octanol–water partition coefficient (Wildman–Crippen LogP) is 2.20. The van der Waals surface area contributed by atoms with Crippen LogP contribution in [-0.2, 0) is 11.2 Å². The monoisotopic (exact) mass is 271 g/mol. The van der Waals surface area contributed by atoms with E-state index >= 15 is 0 Å². The number of rotatable bonds is 3. The SMILES string of the molecule is O=C(O)Cc1cnnn1-c1ccc(Cl)cc1Cl. The Hall–Kier alpha value is -1.59. The molecule has 0 spiro atoms. The number of hydrogen-bond acceptors (Lipinski definition) is 3. The van der Waals surface area contributed by atoms with E-state index in [1.807, 2.05) is 0 Å². The van der Waals surface area contributed by atoms with Gasteiger partial charge < -0.3 is 5.11 Å². The Bertz CT molecular complexity index is 568. The second-order valence-electron chi connectivity index (χ2n) is 3.30. The van der Waals surface area contributed by atoms with Crippen molar-refractivity contribution in [3.63, 3.8) is 0 Å². The van der Waals surface area contributed by atoms with E-state index in [2.05, 4.69) is 10.3 Å². The average molecular weight is 272 g/mol. The smallest absolute Gasteiger partial charge is 0.309 e. The number of carboxylic acid groups (broad SMARTS) is 1. The van der Waals surface area contributed by atoms with E-state index in [0.717, 1.165) is 0 Å². The van der Waals surface area contributed by atoms with Crippen LogP contribution in [0.15, 0.2) is 24.4 Å². The molecule has 2 rings (SSSR count). The van der Waals surface area contributed by atoms with E-state index in [1.165, 1.54) is 10.9 Å². The molecule has 7 heteroatoms. The van der Waals surface area contributed by atoms with Crippen molar-refractivity contribution in [2.45, 2.75) is 6.42 Å². The third-order valence-electron chi connectivity index (χ3n) is 2.09. The van der Waals surface area contributed by atoms with Gasteiger partial charge in [-0.15, -0.1) is 5.10 Å². The summed E-state index contributed by atoms with van der Waals surface area (Å²) >= 11 is 11.8. The quantitative estimate of drug-likeness (QED) is 0.930. The molecule has 0 aliphatic rings. The third-order valence-corrected chi connectivity index (χ3v) is 2.63. The number of carbonyl (C=O) groups is 1. The maximum Gasteiger partial charge on any atom is 0.309 e. The van der Waals surface area contributed by atoms with Crippen LogP contribution in [0.1, 0.15) is 5.69 Å². The molecular weight excluding hydrogens is 265 g/mol. The van der Waals surface area contributed by atoms with Gasteiger partial charge in [0.25, 0.3) is 0 Å². The second-order valence-corrected chi connectivity index (χ2v) is 4.15. The van der Waals surface area contributed by atoms with Crippen molar-refractivity contribution in [2.75, 3.05) is 0 Å². The van der Waals surface area contributed by atoms with Crippen molar-refractivity contribution in [1.29, 1.82) is 0 Å². The molecule has 1 heterocycles. The van der Waals surface area contributed by atoms with Gasteiger partial charge in [0.1, 0.15) is 0 Å². The Morgan fingerprint density at radius 3 is 2.82 bits per heavy atom. The lowest BCUT2D eigenvalue weighted by molar-refractivity contribution is -0.136. The summed E-state index contributed by atoms with van der Waals surface area (Å²) in [5.74, 6) is -0.960. The minimum atomic E-state index is -0.960. The van der Waals surface area contributed by atoms with E-state index in [1.54, 1.807) is 18.2 Å². The van der Waals surface area contributed by atoms with Gasteiger partial charge >= 0.3 is 5.97 Å². The molecule has 0 bridgehead atoms. The fourth-order valence-electron chi connectivity index (χ4n) is 1.39. The first-order chi connectivity index (χ1) is 8.08. The largest absolute Gasteiger partial charge is 0.481 e. The molecule has 17 heavy (non-hydrogen) atoms. The van der Waals surface area contributed by atoms with Crippen LogP contribution in [0.2, 0.25) is 10.0 Å². The van der Waals surface area contributed by atoms with Gasteiger partial charge in [-0.3, -0.25) is 4.79 Å². The molecular formula is C10H7Cl2N3O2. The molecule has 0 fully saturated rings. The minimum Gasteiger partial charge on any atom is -0.481 e. The summed E-state index contributed by atoms with van der Waals surface area (Å²) in [7, 11) is 0. The normalized spacial score (nSPS) is 10.5. The molecule has 5 nitrogen and oxygen atoms in total. The minimum absolute atomic E-state index is 0.175. The number of carboxylic acids is 1. The van der Waals surface area contributed by atoms with Crippen LogP contribution in [0, 0.1) is 0 Å².